The summed E-state index contributed by atoms with van der Waals surface area (Å²) >= 11 is 5.88. The fourth-order valence-corrected chi connectivity index (χ4v) is 4.44. The Kier molecular flexibility index (Phi) is 6.94. The first-order valence-electron chi connectivity index (χ1n) is 11.1. The molecular formula is C27H30N4OS. The first kappa shape index (κ1) is 22.8. The van der Waals surface area contributed by atoms with Gasteiger partial charge >= 0.3 is 0 Å². The summed E-state index contributed by atoms with van der Waals surface area (Å²) in [6.45, 7) is 7.79. The van der Waals surface area contributed by atoms with Gasteiger partial charge in [-0.05, 0) is 86.4 Å². The molecule has 6 heteroatoms. The highest BCUT2D eigenvalue weighted by Crippen LogP contribution is 2.27. The smallest absolute Gasteiger partial charge is 0.173 e. The summed E-state index contributed by atoms with van der Waals surface area (Å²) in [4.78, 5) is 9.99. The number of ether oxygens (including phenoxy) is 1. The van der Waals surface area contributed by atoms with Crippen molar-refractivity contribution in [3.05, 3.63) is 88.9 Å². The number of methoxy groups -OCH3 is 1. The number of thiocarbonyl (C=S) groups is 1. The molecule has 2 aromatic heterocycles. The molecule has 0 amide bonds. The van der Waals surface area contributed by atoms with Gasteiger partial charge in [-0.3, -0.25) is 4.98 Å². The van der Waals surface area contributed by atoms with Crippen molar-refractivity contribution in [2.45, 2.75) is 33.7 Å². The summed E-state index contributed by atoms with van der Waals surface area (Å²) in [5.41, 5.74) is 8.16. The maximum absolute atomic E-state index is 5.88. The van der Waals surface area contributed by atoms with Gasteiger partial charge in [-0.2, -0.15) is 0 Å². The molecule has 0 fully saturated rings. The predicted molar refractivity (Wildman–Crippen MR) is 140 cm³/mol. The number of aromatic nitrogens is 2. The molecule has 5 nitrogen and oxygen atoms in total. The summed E-state index contributed by atoms with van der Waals surface area (Å²) in [6.07, 6.45) is 4.55. The van der Waals surface area contributed by atoms with E-state index in [2.05, 4.69) is 77.4 Å². The number of benzene rings is 2. The van der Waals surface area contributed by atoms with Crippen molar-refractivity contribution in [2.75, 3.05) is 19.0 Å². The molecular weight excluding hydrogens is 428 g/mol. The summed E-state index contributed by atoms with van der Waals surface area (Å²) in [7, 11) is 1.70. The molecule has 0 aliphatic heterocycles. The molecule has 0 saturated carbocycles. The Bertz CT molecular complexity index is 1270. The lowest BCUT2D eigenvalue weighted by molar-refractivity contribution is 0.415. The average Bonchev–Trinajstić information content (AvgIpc) is 3.13. The van der Waals surface area contributed by atoms with Crippen molar-refractivity contribution in [1.29, 1.82) is 0 Å². The second-order valence-corrected chi connectivity index (χ2v) is 8.81. The Morgan fingerprint density at radius 2 is 1.97 bits per heavy atom. The van der Waals surface area contributed by atoms with Crippen LogP contribution in [0.5, 0.6) is 5.75 Å². The SMILES string of the molecule is COc1ccc2[nH]c(C)c(CCN(Cc3cccnc3)C(=S)Nc3ccc(C)cc3C)c2c1. The summed E-state index contributed by atoms with van der Waals surface area (Å²) in [6, 6.07) is 16.6. The van der Waals surface area contributed by atoms with Crippen LogP contribution in [0.15, 0.2) is 60.9 Å². The van der Waals surface area contributed by atoms with Gasteiger partial charge in [0.05, 0.1) is 7.11 Å². The topological polar surface area (TPSA) is 53.2 Å². The lowest BCUT2D eigenvalue weighted by Crippen LogP contribution is -2.36. The van der Waals surface area contributed by atoms with Gasteiger partial charge in [0.1, 0.15) is 5.75 Å². The molecule has 2 N–H and O–H groups in total. The van der Waals surface area contributed by atoms with Crippen LogP contribution in [0, 0.1) is 20.8 Å². The van der Waals surface area contributed by atoms with E-state index >= 15 is 0 Å². The molecule has 0 bridgehead atoms. The van der Waals surface area contributed by atoms with Gasteiger partial charge in [-0.15, -0.1) is 0 Å². The van der Waals surface area contributed by atoms with Gasteiger partial charge in [0, 0.05) is 47.8 Å². The third-order valence-corrected chi connectivity index (χ3v) is 6.33. The zero-order valence-electron chi connectivity index (χ0n) is 19.6. The van der Waals surface area contributed by atoms with Gasteiger partial charge in [-0.25, -0.2) is 0 Å². The van der Waals surface area contributed by atoms with E-state index in [4.69, 9.17) is 17.0 Å². The molecule has 170 valence electrons. The molecule has 0 spiro atoms. The highest BCUT2D eigenvalue weighted by atomic mass is 32.1. The van der Waals surface area contributed by atoms with Crippen LogP contribution in [0.4, 0.5) is 5.69 Å². The van der Waals surface area contributed by atoms with Crippen LogP contribution in [0.2, 0.25) is 0 Å². The minimum Gasteiger partial charge on any atom is -0.497 e. The second kappa shape index (κ2) is 10.0. The highest BCUT2D eigenvalue weighted by Gasteiger charge is 2.15. The quantitative estimate of drug-likeness (QED) is 0.336. The fraction of sp³-hybridized carbons (Fsp3) is 0.259. The van der Waals surface area contributed by atoms with Gasteiger partial charge < -0.3 is 19.9 Å². The number of rotatable bonds is 7. The van der Waals surface area contributed by atoms with Crippen LogP contribution in [0.25, 0.3) is 10.9 Å². The predicted octanol–water partition coefficient (Wildman–Crippen LogP) is 5.94. The number of H-pyrrole nitrogens is 1. The van der Waals surface area contributed by atoms with E-state index in [1.807, 2.05) is 18.3 Å². The Morgan fingerprint density at radius 3 is 2.70 bits per heavy atom. The van der Waals surface area contributed by atoms with E-state index in [1.165, 1.54) is 27.8 Å². The van der Waals surface area contributed by atoms with Gasteiger partial charge in [0.15, 0.2) is 5.11 Å². The van der Waals surface area contributed by atoms with Crippen molar-refractivity contribution < 1.29 is 4.74 Å². The molecule has 0 saturated heterocycles. The number of aryl methyl sites for hydroxylation is 3. The summed E-state index contributed by atoms with van der Waals surface area (Å²) < 4.78 is 5.45. The van der Waals surface area contributed by atoms with Crippen LogP contribution in [-0.2, 0) is 13.0 Å². The van der Waals surface area contributed by atoms with Crippen molar-refractivity contribution in [1.82, 2.24) is 14.9 Å². The Hall–Kier alpha value is -3.38. The monoisotopic (exact) mass is 458 g/mol. The first-order chi connectivity index (χ1) is 15.9. The van der Waals surface area contributed by atoms with E-state index in [0.29, 0.717) is 11.7 Å². The van der Waals surface area contributed by atoms with Gasteiger partial charge in [0.25, 0.3) is 0 Å². The van der Waals surface area contributed by atoms with Gasteiger partial charge in [0.2, 0.25) is 0 Å². The van der Waals surface area contributed by atoms with Gasteiger partial charge in [-0.1, -0.05) is 23.8 Å². The number of pyridine rings is 1. The Labute approximate surface area is 200 Å². The molecule has 2 aromatic carbocycles. The average molecular weight is 459 g/mol. The van der Waals surface area contributed by atoms with E-state index < -0.39 is 0 Å². The zero-order valence-corrected chi connectivity index (χ0v) is 20.4. The van der Waals surface area contributed by atoms with Crippen molar-refractivity contribution in [3.63, 3.8) is 0 Å². The number of fused-ring (bicyclic) bond motifs is 1. The largest absolute Gasteiger partial charge is 0.497 e. The Balaban J connectivity index is 1.58. The lowest BCUT2D eigenvalue weighted by atomic mass is 10.1. The molecule has 0 aliphatic rings. The van der Waals surface area contributed by atoms with E-state index in [9.17, 15) is 0 Å². The number of hydrogen-bond acceptors (Lipinski definition) is 3. The highest BCUT2D eigenvalue weighted by molar-refractivity contribution is 7.80. The minimum absolute atomic E-state index is 0.690. The Morgan fingerprint density at radius 1 is 1.12 bits per heavy atom. The number of nitrogens with zero attached hydrogens (tertiary/aromatic N) is 2. The maximum Gasteiger partial charge on any atom is 0.173 e. The number of aromatic amines is 1. The van der Waals surface area contributed by atoms with Crippen LogP contribution in [-0.4, -0.2) is 33.6 Å². The fourth-order valence-electron chi connectivity index (χ4n) is 4.17. The summed E-state index contributed by atoms with van der Waals surface area (Å²) in [5, 5.41) is 5.37. The third kappa shape index (κ3) is 5.34. The molecule has 2 heterocycles. The van der Waals surface area contributed by atoms with Crippen LogP contribution < -0.4 is 10.1 Å². The zero-order chi connectivity index (χ0) is 23.4. The van der Waals surface area contributed by atoms with Crippen molar-refractivity contribution >= 4 is 33.9 Å². The standard InChI is InChI=1S/C27H30N4OS/c1-18-7-9-25(19(2)14-18)30-27(33)31(17-21-6-5-12-28-16-21)13-11-23-20(3)29-26-10-8-22(32-4)15-24(23)26/h5-10,12,14-16,29H,11,13,17H2,1-4H3,(H,30,33). The van der Waals surface area contributed by atoms with Crippen LogP contribution in [0.3, 0.4) is 0 Å². The molecule has 0 atom stereocenters. The van der Waals surface area contributed by atoms with E-state index in [1.54, 1.807) is 13.3 Å². The summed E-state index contributed by atoms with van der Waals surface area (Å²) in [5.74, 6) is 0.863. The molecule has 4 aromatic rings. The van der Waals surface area contributed by atoms with Crippen molar-refractivity contribution in [3.8, 4) is 5.75 Å². The van der Waals surface area contributed by atoms with Crippen LogP contribution in [0.1, 0.15) is 27.9 Å². The molecule has 4 rings (SSSR count). The second-order valence-electron chi connectivity index (χ2n) is 8.42. The van der Waals surface area contributed by atoms with E-state index in [-0.39, 0.29) is 0 Å². The molecule has 33 heavy (non-hydrogen) atoms. The third-order valence-electron chi connectivity index (χ3n) is 5.97. The molecule has 0 unspecified atom stereocenters. The molecule has 0 radical (unpaired) electrons. The normalized spacial score (nSPS) is 10.9. The lowest BCUT2D eigenvalue weighted by Gasteiger charge is -2.27. The minimum atomic E-state index is 0.690. The van der Waals surface area contributed by atoms with E-state index in [0.717, 1.165) is 35.5 Å². The number of nitrogens with one attached hydrogen (secondary N) is 2. The number of anilines is 1. The first-order valence-corrected chi connectivity index (χ1v) is 11.5. The number of hydrogen-bond donors (Lipinski definition) is 2. The van der Waals surface area contributed by atoms with Crippen LogP contribution >= 0.6 is 12.2 Å². The molecule has 0 aliphatic carbocycles. The maximum atomic E-state index is 5.88. The van der Waals surface area contributed by atoms with Crippen molar-refractivity contribution in [2.24, 2.45) is 0 Å².